The van der Waals surface area contributed by atoms with Crippen molar-refractivity contribution in [2.24, 2.45) is 11.8 Å². The van der Waals surface area contributed by atoms with Gasteiger partial charge < -0.3 is 24.5 Å². The number of anilines is 1. The second kappa shape index (κ2) is 11.7. The molecule has 2 aromatic carbocycles. The Morgan fingerprint density at radius 3 is 2.26 bits per heavy atom. The Bertz CT molecular complexity index is 1410. The molecule has 0 bridgehead atoms. The molecule has 2 saturated heterocycles. The van der Waals surface area contributed by atoms with E-state index in [2.05, 4.69) is 6.92 Å². The van der Waals surface area contributed by atoms with Crippen LogP contribution in [0, 0.1) is 11.8 Å². The van der Waals surface area contributed by atoms with Crippen molar-refractivity contribution >= 4 is 23.4 Å². The van der Waals surface area contributed by atoms with E-state index in [-0.39, 0.29) is 24.3 Å². The summed E-state index contributed by atoms with van der Waals surface area (Å²) in [6.07, 6.45) is 10.3. The van der Waals surface area contributed by atoms with Crippen LogP contribution in [-0.2, 0) is 25.5 Å². The molecule has 1 unspecified atom stereocenters. The minimum atomic E-state index is -1.35. The summed E-state index contributed by atoms with van der Waals surface area (Å²) in [5, 5.41) is 10.7. The summed E-state index contributed by atoms with van der Waals surface area (Å²) in [6.45, 7) is 5.06. The van der Waals surface area contributed by atoms with Crippen LogP contribution in [0.4, 0.5) is 5.69 Å². The van der Waals surface area contributed by atoms with Crippen molar-refractivity contribution in [3.63, 3.8) is 0 Å². The molecule has 4 heterocycles. The first kappa shape index (κ1) is 29.3. The molecule has 4 aliphatic heterocycles. The highest BCUT2D eigenvalue weighted by Gasteiger charge is 2.76. The Labute approximate surface area is 253 Å². The van der Waals surface area contributed by atoms with Crippen molar-refractivity contribution in [2.75, 3.05) is 31.1 Å². The fourth-order valence-corrected chi connectivity index (χ4v) is 7.67. The third-order valence-corrected chi connectivity index (χ3v) is 9.73. The van der Waals surface area contributed by atoms with Gasteiger partial charge in [-0.2, -0.15) is 0 Å². The number of hydrogen-bond acceptors (Lipinski definition) is 5. The average Bonchev–Trinajstić information content (AvgIpc) is 3.33. The number of nitrogens with zero attached hydrogens (tertiary/aromatic N) is 3. The molecule has 6 atom stereocenters. The van der Waals surface area contributed by atoms with Crippen molar-refractivity contribution in [3.05, 3.63) is 90.5 Å². The lowest BCUT2D eigenvalue weighted by atomic mass is 9.73. The van der Waals surface area contributed by atoms with Gasteiger partial charge >= 0.3 is 0 Å². The van der Waals surface area contributed by atoms with Crippen molar-refractivity contribution < 1.29 is 24.2 Å². The molecule has 0 aliphatic carbocycles. The molecular weight excluding hydrogens is 542 g/mol. The number of rotatable bonds is 9. The average molecular weight is 584 g/mol. The Morgan fingerprint density at radius 1 is 0.884 bits per heavy atom. The molecule has 43 heavy (non-hydrogen) atoms. The summed E-state index contributed by atoms with van der Waals surface area (Å²) >= 11 is 0. The van der Waals surface area contributed by atoms with Gasteiger partial charge in [0, 0.05) is 25.3 Å². The molecule has 8 nitrogen and oxygen atoms in total. The number of carbonyl (C=O) groups is 3. The second-order valence-electron chi connectivity index (χ2n) is 12.1. The van der Waals surface area contributed by atoms with Gasteiger partial charge in [-0.05, 0) is 37.0 Å². The zero-order valence-corrected chi connectivity index (χ0v) is 25.0. The number of aliphatic hydroxyl groups excluding tert-OH is 1. The summed E-state index contributed by atoms with van der Waals surface area (Å²) < 4.78 is 7.09. The first-order valence-corrected chi connectivity index (χ1v) is 15.6. The Balaban J connectivity index is 1.49. The van der Waals surface area contributed by atoms with E-state index in [1.165, 1.54) is 0 Å². The van der Waals surface area contributed by atoms with Gasteiger partial charge in [-0.1, -0.05) is 93.1 Å². The maximum absolute atomic E-state index is 14.9. The van der Waals surface area contributed by atoms with E-state index in [0.29, 0.717) is 32.5 Å². The highest BCUT2D eigenvalue weighted by atomic mass is 16.5. The lowest BCUT2D eigenvalue weighted by Crippen LogP contribution is -2.59. The van der Waals surface area contributed by atoms with Crippen LogP contribution in [0.25, 0.3) is 0 Å². The van der Waals surface area contributed by atoms with Crippen LogP contribution < -0.4 is 4.90 Å². The highest BCUT2D eigenvalue weighted by Crippen LogP contribution is 2.59. The molecule has 0 radical (unpaired) electrons. The van der Waals surface area contributed by atoms with Gasteiger partial charge in [-0.3, -0.25) is 14.4 Å². The molecule has 2 fully saturated rings. The predicted octanol–water partition coefficient (Wildman–Crippen LogP) is 3.75. The number of likely N-dealkylation sites (tertiary alicyclic amines) is 1. The fourth-order valence-electron chi connectivity index (χ4n) is 7.67. The zero-order chi connectivity index (χ0) is 30.2. The van der Waals surface area contributed by atoms with Gasteiger partial charge in [0.2, 0.25) is 17.7 Å². The number of benzene rings is 2. The van der Waals surface area contributed by atoms with Gasteiger partial charge in [0.1, 0.15) is 11.6 Å². The monoisotopic (exact) mass is 583 g/mol. The van der Waals surface area contributed by atoms with Crippen LogP contribution in [0.3, 0.4) is 0 Å². The van der Waals surface area contributed by atoms with Gasteiger partial charge in [-0.15, -0.1) is 0 Å². The quantitative estimate of drug-likeness (QED) is 0.455. The smallest absolute Gasteiger partial charge is 0.249 e. The number of carbonyl (C=O) groups excluding carboxylic acids is 3. The first-order chi connectivity index (χ1) is 20.9. The lowest BCUT2D eigenvalue weighted by Gasteiger charge is -2.41. The summed E-state index contributed by atoms with van der Waals surface area (Å²) in [4.78, 5) is 49.1. The molecule has 1 N–H and O–H groups in total. The standard InChI is InChI=1S/C35H41N3O5/c1-3-5-20-36-21-13-19-35-29(32(41)38(30(35)33(36)42)27(24-39)23-25-14-8-6-9-15-25)28-31(40)37(26-16-10-7-11-17-26)22-12-18-34(28,4-2)43-35/h6-19,27-30,39H,3-5,20-24H2,1-2H3/t27-,28-,29+,30?,34+,35+/m1/s1. The van der Waals surface area contributed by atoms with Crippen molar-refractivity contribution in [1.82, 2.24) is 9.80 Å². The Hall–Kier alpha value is -3.75. The van der Waals surface area contributed by atoms with Crippen molar-refractivity contribution in [1.29, 1.82) is 0 Å². The van der Waals surface area contributed by atoms with Crippen LogP contribution in [-0.4, -0.2) is 82.2 Å². The number of hydrogen-bond donors (Lipinski definition) is 1. The van der Waals surface area contributed by atoms with E-state index in [1.54, 1.807) is 14.7 Å². The van der Waals surface area contributed by atoms with Gasteiger partial charge in [0.15, 0.2) is 0 Å². The summed E-state index contributed by atoms with van der Waals surface area (Å²) in [5.74, 6) is -2.46. The minimum Gasteiger partial charge on any atom is -0.394 e. The molecule has 6 rings (SSSR count). The number of amides is 3. The molecule has 1 spiro atoms. The number of unbranched alkanes of at least 4 members (excludes halogenated alkanes) is 1. The molecule has 226 valence electrons. The van der Waals surface area contributed by atoms with Gasteiger partial charge in [0.05, 0.1) is 30.1 Å². The normalized spacial score (nSPS) is 30.6. The fraction of sp³-hybridized carbons (Fsp3) is 0.457. The number of para-hydroxylation sites is 1. The first-order valence-electron chi connectivity index (χ1n) is 15.6. The number of fused-ring (bicyclic) bond motifs is 2. The van der Waals surface area contributed by atoms with E-state index < -0.39 is 35.1 Å². The topological polar surface area (TPSA) is 90.4 Å². The van der Waals surface area contributed by atoms with Crippen molar-refractivity contribution in [3.8, 4) is 0 Å². The van der Waals surface area contributed by atoms with E-state index in [1.807, 2.05) is 91.9 Å². The number of aliphatic hydroxyl groups is 1. The second-order valence-corrected chi connectivity index (χ2v) is 12.1. The van der Waals surface area contributed by atoms with E-state index in [9.17, 15) is 19.5 Å². The Morgan fingerprint density at radius 2 is 1.58 bits per heavy atom. The molecule has 4 aliphatic rings. The molecule has 8 heteroatoms. The predicted molar refractivity (Wildman–Crippen MR) is 164 cm³/mol. The largest absolute Gasteiger partial charge is 0.394 e. The van der Waals surface area contributed by atoms with Crippen LogP contribution in [0.2, 0.25) is 0 Å². The van der Waals surface area contributed by atoms with E-state index in [0.717, 1.165) is 24.1 Å². The van der Waals surface area contributed by atoms with E-state index in [4.69, 9.17) is 4.74 Å². The third-order valence-electron chi connectivity index (χ3n) is 9.73. The minimum absolute atomic E-state index is 0.189. The summed E-state index contributed by atoms with van der Waals surface area (Å²) in [5.41, 5.74) is -0.700. The maximum atomic E-state index is 14.9. The van der Waals surface area contributed by atoms with Crippen LogP contribution in [0.1, 0.15) is 38.7 Å². The summed E-state index contributed by atoms with van der Waals surface area (Å²) in [6, 6.07) is 17.5. The number of ether oxygens (including phenoxy) is 1. The molecule has 0 aromatic heterocycles. The Kier molecular flexibility index (Phi) is 8.00. The lowest BCUT2D eigenvalue weighted by molar-refractivity contribution is -0.155. The highest BCUT2D eigenvalue weighted by molar-refractivity contribution is 6.04. The summed E-state index contributed by atoms with van der Waals surface area (Å²) in [7, 11) is 0. The van der Waals surface area contributed by atoms with Gasteiger partial charge in [-0.25, -0.2) is 0 Å². The molecule has 3 amide bonds. The van der Waals surface area contributed by atoms with Gasteiger partial charge in [0.25, 0.3) is 0 Å². The van der Waals surface area contributed by atoms with Crippen LogP contribution in [0.5, 0.6) is 0 Å². The molecule has 0 saturated carbocycles. The van der Waals surface area contributed by atoms with Crippen LogP contribution >= 0.6 is 0 Å². The third kappa shape index (κ3) is 4.71. The van der Waals surface area contributed by atoms with Crippen molar-refractivity contribution in [2.45, 2.75) is 62.8 Å². The molecule has 2 aromatic rings. The van der Waals surface area contributed by atoms with E-state index >= 15 is 0 Å². The maximum Gasteiger partial charge on any atom is 0.249 e. The zero-order valence-electron chi connectivity index (χ0n) is 25.0. The molecular formula is C35H41N3O5. The SMILES string of the molecule is CCCCN1CC=C[C@]23O[C@@]4(CC)C=CCN(c5ccccc5)C(=O)[C@H]4[C@H]2C(=O)N([C@@H](CO)Cc2ccccc2)C3C1=O. The van der Waals surface area contributed by atoms with Crippen LogP contribution in [0.15, 0.2) is 85.0 Å².